The van der Waals surface area contributed by atoms with E-state index in [0.29, 0.717) is 18.1 Å². The second-order valence-corrected chi connectivity index (χ2v) is 7.42. The number of aryl methyl sites for hydroxylation is 1. The Morgan fingerprint density at radius 3 is 2.38 bits per heavy atom. The third-order valence-corrected chi connectivity index (χ3v) is 5.44. The van der Waals surface area contributed by atoms with Crippen LogP contribution in [0.3, 0.4) is 0 Å². The van der Waals surface area contributed by atoms with E-state index in [0.717, 1.165) is 44.4 Å². The van der Waals surface area contributed by atoms with E-state index in [9.17, 15) is 0 Å². The van der Waals surface area contributed by atoms with Gasteiger partial charge in [0, 0.05) is 31.7 Å². The second kappa shape index (κ2) is 8.48. The Balaban J connectivity index is 1.56. The molecule has 2 aliphatic rings. The molecular formula is C19H33N3O2. The lowest BCUT2D eigenvalue weighted by molar-refractivity contribution is 0.0104. The predicted molar refractivity (Wildman–Crippen MR) is 96.3 cm³/mol. The summed E-state index contributed by atoms with van der Waals surface area (Å²) in [5.74, 6) is 2.08. The minimum atomic E-state index is 0.311. The normalized spacial score (nSPS) is 23.0. The van der Waals surface area contributed by atoms with Crippen molar-refractivity contribution >= 4 is 0 Å². The largest absolute Gasteiger partial charge is 0.465 e. The molecule has 0 amide bonds. The minimum Gasteiger partial charge on any atom is -0.465 e. The van der Waals surface area contributed by atoms with Crippen LogP contribution in [0.25, 0.3) is 0 Å². The van der Waals surface area contributed by atoms with Gasteiger partial charge in [0.05, 0.1) is 19.3 Å². The standard InChI is InChI=1S/C19H33N3O2/c1-15(2)21-8-6-17(7-9-21)20-14-18(19-5-4-16(3)24-19)22-10-12-23-13-11-22/h4-5,15,17-18,20H,6-14H2,1-3H3. The van der Waals surface area contributed by atoms with Crippen molar-refractivity contribution in [2.24, 2.45) is 0 Å². The van der Waals surface area contributed by atoms with Crippen molar-refractivity contribution in [3.05, 3.63) is 23.7 Å². The number of rotatable bonds is 6. The highest BCUT2D eigenvalue weighted by Crippen LogP contribution is 2.24. The minimum absolute atomic E-state index is 0.311. The van der Waals surface area contributed by atoms with E-state index in [2.05, 4.69) is 41.1 Å². The number of nitrogens with one attached hydrogen (secondary N) is 1. The molecule has 1 atom stereocenters. The van der Waals surface area contributed by atoms with Crippen LogP contribution in [0.15, 0.2) is 16.5 Å². The van der Waals surface area contributed by atoms with E-state index >= 15 is 0 Å². The van der Waals surface area contributed by atoms with Crippen molar-refractivity contribution in [2.45, 2.75) is 51.7 Å². The highest BCUT2D eigenvalue weighted by molar-refractivity contribution is 5.11. The zero-order valence-corrected chi connectivity index (χ0v) is 15.5. The van der Waals surface area contributed by atoms with Gasteiger partial charge < -0.3 is 19.4 Å². The molecule has 2 aliphatic heterocycles. The summed E-state index contributed by atoms with van der Waals surface area (Å²) in [6.07, 6.45) is 2.48. The summed E-state index contributed by atoms with van der Waals surface area (Å²) in [4.78, 5) is 5.07. The lowest BCUT2D eigenvalue weighted by Gasteiger charge is -2.37. The highest BCUT2D eigenvalue weighted by Gasteiger charge is 2.27. The Morgan fingerprint density at radius 2 is 1.79 bits per heavy atom. The molecule has 2 fully saturated rings. The van der Waals surface area contributed by atoms with Gasteiger partial charge in [-0.1, -0.05) is 0 Å². The molecule has 0 spiro atoms. The molecule has 1 aromatic heterocycles. The smallest absolute Gasteiger partial charge is 0.122 e. The van der Waals surface area contributed by atoms with Crippen LogP contribution in [-0.4, -0.2) is 67.8 Å². The molecule has 1 N–H and O–H groups in total. The number of furan rings is 1. The van der Waals surface area contributed by atoms with E-state index in [1.807, 2.05) is 6.92 Å². The van der Waals surface area contributed by atoms with Crippen LogP contribution in [0.2, 0.25) is 0 Å². The van der Waals surface area contributed by atoms with Crippen LogP contribution >= 0.6 is 0 Å². The molecule has 5 heteroatoms. The van der Waals surface area contributed by atoms with Gasteiger partial charge in [-0.25, -0.2) is 0 Å². The zero-order valence-electron chi connectivity index (χ0n) is 15.5. The van der Waals surface area contributed by atoms with E-state index in [-0.39, 0.29) is 0 Å². The van der Waals surface area contributed by atoms with E-state index in [1.165, 1.54) is 25.9 Å². The maximum atomic E-state index is 5.96. The molecule has 0 aromatic carbocycles. The first kappa shape index (κ1) is 17.9. The van der Waals surface area contributed by atoms with Crippen molar-refractivity contribution in [3.63, 3.8) is 0 Å². The van der Waals surface area contributed by atoms with Crippen molar-refractivity contribution in [1.82, 2.24) is 15.1 Å². The maximum Gasteiger partial charge on any atom is 0.122 e. The molecule has 2 saturated heterocycles. The van der Waals surface area contributed by atoms with Gasteiger partial charge in [0.2, 0.25) is 0 Å². The van der Waals surface area contributed by atoms with Crippen LogP contribution in [0.4, 0.5) is 0 Å². The van der Waals surface area contributed by atoms with E-state index in [4.69, 9.17) is 9.15 Å². The summed E-state index contributed by atoms with van der Waals surface area (Å²) in [5, 5.41) is 3.82. The Hall–Kier alpha value is -0.880. The van der Waals surface area contributed by atoms with Gasteiger partial charge >= 0.3 is 0 Å². The van der Waals surface area contributed by atoms with Crippen molar-refractivity contribution in [2.75, 3.05) is 45.9 Å². The molecule has 0 bridgehead atoms. The number of ether oxygens (including phenoxy) is 1. The molecule has 0 radical (unpaired) electrons. The summed E-state index contributed by atoms with van der Waals surface area (Å²) in [6.45, 7) is 13.6. The Bertz CT molecular complexity index is 489. The van der Waals surface area contributed by atoms with Crippen LogP contribution in [0, 0.1) is 6.92 Å². The molecule has 0 aliphatic carbocycles. The van der Waals surface area contributed by atoms with Gasteiger partial charge in [-0.2, -0.15) is 0 Å². The average Bonchev–Trinajstić information content (AvgIpc) is 3.02. The first-order valence-electron chi connectivity index (χ1n) is 9.49. The molecular weight excluding hydrogens is 302 g/mol. The average molecular weight is 335 g/mol. The van der Waals surface area contributed by atoms with Crippen LogP contribution in [0.1, 0.15) is 44.3 Å². The molecule has 24 heavy (non-hydrogen) atoms. The summed E-state index contributed by atoms with van der Waals surface area (Å²) in [6, 6.07) is 5.81. The maximum absolute atomic E-state index is 5.96. The highest BCUT2D eigenvalue weighted by atomic mass is 16.5. The van der Waals surface area contributed by atoms with Crippen LogP contribution < -0.4 is 5.32 Å². The molecule has 1 unspecified atom stereocenters. The Morgan fingerprint density at radius 1 is 1.08 bits per heavy atom. The van der Waals surface area contributed by atoms with Gasteiger partial charge in [-0.3, -0.25) is 4.90 Å². The summed E-state index contributed by atoms with van der Waals surface area (Å²) < 4.78 is 11.5. The Kier molecular flexibility index (Phi) is 6.33. The van der Waals surface area contributed by atoms with Crippen molar-refractivity contribution in [3.8, 4) is 0 Å². The molecule has 1 aromatic rings. The quantitative estimate of drug-likeness (QED) is 0.865. The SMILES string of the molecule is Cc1ccc(C(CNC2CCN(C(C)C)CC2)N2CCOCC2)o1. The zero-order chi connectivity index (χ0) is 16.9. The van der Waals surface area contributed by atoms with Gasteiger partial charge in [-0.05, 0) is 58.8 Å². The summed E-state index contributed by atoms with van der Waals surface area (Å²) in [5.41, 5.74) is 0. The lowest BCUT2D eigenvalue weighted by Crippen LogP contribution is -2.48. The predicted octanol–water partition coefficient (Wildman–Crippen LogP) is 2.42. The van der Waals surface area contributed by atoms with E-state index < -0.39 is 0 Å². The summed E-state index contributed by atoms with van der Waals surface area (Å²) in [7, 11) is 0. The molecule has 5 nitrogen and oxygen atoms in total. The third kappa shape index (κ3) is 4.60. The monoisotopic (exact) mass is 335 g/mol. The fourth-order valence-electron chi connectivity index (χ4n) is 3.83. The number of hydrogen-bond acceptors (Lipinski definition) is 5. The topological polar surface area (TPSA) is 40.9 Å². The molecule has 3 rings (SSSR count). The second-order valence-electron chi connectivity index (χ2n) is 7.42. The first-order chi connectivity index (χ1) is 11.6. The van der Waals surface area contributed by atoms with Crippen molar-refractivity contribution < 1.29 is 9.15 Å². The Labute approximate surface area is 146 Å². The van der Waals surface area contributed by atoms with Crippen LogP contribution in [-0.2, 0) is 4.74 Å². The number of nitrogens with zero attached hydrogens (tertiary/aromatic N) is 2. The van der Waals surface area contributed by atoms with Gasteiger partial charge in [0.25, 0.3) is 0 Å². The third-order valence-electron chi connectivity index (χ3n) is 5.44. The number of hydrogen-bond donors (Lipinski definition) is 1. The van der Waals surface area contributed by atoms with Gasteiger partial charge in [0.15, 0.2) is 0 Å². The van der Waals surface area contributed by atoms with Gasteiger partial charge in [-0.15, -0.1) is 0 Å². The fraction of sp³-hybridized carbons (Fsp3) is 0.789. The lowest BCUT2D eigenvalue weighted by atomic mass is 10.0. The number of likely N-dealkylation sites (tertiary alicyclic amines) is 1. The fourth-order valence-corrected chi connectivity index (χ4v) is 3.83. The number of piperidine rings is 1. The molecule has 136 valence electrons. The van der Waals surface area contributed by atoms with E-state index in [1.54, 1.807) is 0 Å². The number of morpholine rings is 1. The van der Waals surface area contributed by atoms with Crippen LogP contribution in [0.5, 0.6) is 0 Å². The van der Waals surface area contributed by atoms with Crippen molar-refractivity contribution in [1.29, 1.82) is 0 Å². The molecule has 3 heterocycles. The summed E-state index contributed by atoms with van der Waals surface area (Å²) >= 11 is 0. The van der Waals surface area contributed by atoms with Gasteiger partial charge in [0.1, 0.15) is 11.5 Å². The molecule has 0 saturated carbocycles. The first-order valence-corrected chi connectivity index (χ1v) is 9.49.